The number of nitrogens with zero attached hydrogens (tertiary/aromatic N) is 1. The molecule has 0 radical (unpaired) electrons. The topological polar surface area (TPSA) is 68.2 Å². The van der Waals surface area contributed by atoms with E-state index < -0.39 is 6.09 Å². The van der Waals surface area contributed by atoms with Crippen molar-refractivity contribution < 1.29 is 24.1 Å². The van der Waals surface area contributed by atoms with E-state index in [1.165, 1.54) is 4.90 Å². The number of hydrogen-bond donors (Lipinski definition) is 1. The lowest BCUT2D eigenvalue weighted by atomic mass is 9.68. The van der Waals surface area contributed by atoms with Crippen LogP contribution in [0.25, 0.3) is 0 Å². The van der Waals surface area contributed by atoms with Gasteiger partial charge in [-0.1, -0.05) is 0 Å². The van der Waals surface area contributed by atoms with Crippen LogP contribution in [0.1, 0.15) is 25.7 Å². The molecule has 2 heterocycles. The first-order chi connectivity index (χ1) is 9.12. The van der Waals surface area contributed by atoms with E-state index in [9.17, 15) is 4.79 Å². The number of carboxylic acid groups (broad SMARTS) is 1. The van der Waals surface area contributed by atoms with E-state index in [0.717, 1.165) is 32.3 Å². The average Bonchev–Trinajstić information content (AvgIpc) is 2.79. The fourth-order valence-corrected chi connectivity index (χ4v) is 3.80. The molecule has 3 rings (SSSR count). The Kier molecular flexibility index (Phi) is 3.41. The van der Waals surface area contributed by atoms with Crippen LogP contribution >= 0.6 is 0 Å². The average molecular weight is 271 g/mol. The maximum Gasteiger partial charge on any atom is 0.407 e. The third kappa shape index (κ3) is 2.22. The number of ether oxygens (including phenoxy) is 3. The molecule has 2 aliphatic heterocycles. The second-order valence-electron chi connectivity index (χ2n) is 5.88. The van der Waals surface area contributed by atoms with Crippen LogP contribution in [-0.2, 0) is 14.2 Å². The number of rotatable bonds is 2. The Morgan fingerprint density at radius 3 is 3.00 bits per heavy atom. The molecule has 2 saturated heterocycles. The van der Waals surface area contributed by atoms with Crippen molar-refractivity contribution in [2.45, 2.75) is 37.6 Å². The van der Waals surface area contributed by atoms with Gasteiger partial charge in [0.2, 0.25) is 0 Å². The third-order valence-corrected chi connectivity index (χ3v) is 4.76. The van der Waals surface area contributed by atoms with E-state index in [1.807, 2.05) is 0 Å². The molecule has 1 saturated carbocycles. The van der Waals surface area contributed by atoms with Crippen LogP contribution in [0.5, 0.6) is 0 Å². The summed E-state index contributed by atoms with van der Waals surface area (Å²) in [6.07, 6.45) is 2.84. The summed E-state index contributed by atoms with van der Waals surface area (Å²) >= 11 is 0. The molecule has 3 fully saturated rings. The second kappa shape index (κ2) is 4.92. The van der Waals surface area contributed by atoms with Crippen molar-refractivity contribution in [2.24, 2.45) is 11.8 Å². The number of hydrogen-bond acceptors (Lipinski definition) is 4. The summed E-state index contributed by atoms with van der Waals surface area (Å²) in [5.74, 6) is 0.809. The van der Waals surface area contributed by atoms with Gasteiger partial charge in [0.15, 0.2) is 13.1 Å². The predicted octanol–water partition coefficient (Wildman–Crippen LogP) is 1.50. The van der Waals surface area contributed by atoms with Crippen molar-refractivity contribution in [1.29, 1.82) is 0 Å². The lowest BCUT2D eigenvalue weighted by Gasteiger charge is -2.48. The molecule has 4 unspecified atom stereocenters. The molecule has 4 atom stereocenters. The van der Waals surface area contributed by atoms with Crippen molar-refractivity contribution in [3.63, 3.8) is 0 Å². The summed E-state index contributed by atoms with van der Waals surface area (Å²) in [4.78, 5) is 12.3. The molecular weight excluding hydrogens is 250 g/mol. The van der Waals surface area contributed by atoms with E-state index in [2.05, 4.69) is 0 Å². The SMILES string of the molecule is CN(CC1CCC2CCOC3OCOC23C1)C(=O)O. The third-order valence-electron chi connectivity index (χ3n) is 4.76. The first-order valence-corrected chi connectivity index (χ1v) is 6.93. The molecule has 1 N–H and O–H groups in total. The molecule has 0 bridgehead atoms. The molecule has 3 aliphatic rings. The maximum atomic E-state index is 10.9. The second-order valence-corrected chi connectivity index (χ2v) is 5.88. The van der Waals surface area contributed by atoms with Gasteiger partial charge in [-0.15, -0.1) is 0 Å². The van der Waals surface area contributed by atoms with E-state index in [4.69, 9.17) is 19.3 Å². The highest BCUT2D eigenvalue weighted by atomic mass is 16.8. The lowest BCUT2D eigenvalue weighted by molar-refractivity contribution is -0.216. The zero-order chi connectivity index (χ0) is 13.5. The maximum absolute atomic E-state index is 10.9. The fraction of sp³-hybridized carbons (Fsp3) is 0.923. The van der Waals surface area contributed by atoms with Crippen LogP contribution in [0.15, 0.2) is 0 Å². The van der Waals surface area contributed by atoms with E-state index in [1.54, 1.807) is 7.05 Å². The van der Waals surface area contributed by atoms with Crippen molar-refractivity contribution in [3.05, 3.63) is 0 Å². The first kappa shape index (κ1) is 13.1. The molecule has 19 heavy (non-hydrogen) atoms. The normalized spacial score (nSPS) is 41.4. The van der Waals surface area contributed by atoms with Crippen LogP contribution in [0.2, 0.25) is 0 Å². The molecule has 0 aromatic rings. The molecule has 0 aromatic carbocycles. The summed E-state index contributed by atoms with van der Waals surface area (Å²) in [6, 6.07) is 0. The Balaban J connectivity index is 1.70. The van der Waals surface area contributed by atoms with Gasteiger partial charge in [-0.2, -0.15) is 0 Å². The monoisotopic (exact) mass is 271 g/mol. The van der Waals surface area contributed by atoms with Crippen LogP contribution in [0.4, 0.5) is 4.79 Å². The van der Waals surface area contributed by atoms with E-state index in [-0.39, 0.29) is 11.9 Å². The van der Waals surface area contributed by atoms with Gasteiger partial charge in [-0.05, 0) is 37.5 Å². The lowest BCUT2D eigenvalue weighted by Crippen LogP contribution is -2.56. The highest BCUT2D eigenvalue weighted by molar-refractivity contribution is 5.64. The smallest absolute Gasteiger partial charge is 0.407 e. The van der Waals surface area contributed by atoms with Crippen molar-refractivity contribution >= 4 is 6.09 Å². The summed E-state index contributed by atoms with van der Waals surface area (Å²) in [5.41, 5.74) is -0.333. The zero-order valence-electron chi connectivity index (χ0n) is 11.2. The molecule has 1 spiro atoms. The Hall–Kier alpha value is -0.850. The van der Waals surface area contributed by atoms with E-state index in [0.29, 0.717) is 25.2 Å². The van der Waals surface area contributed by atoms with Gasteiger partial charge in [-0.3, -0.25) is 0 Å². The number of carbonyl (C=O) groups is 1. The molecule has 1 aliphatic carbocycles. The van der Waals surface area contributed by atoms with Gasteiger partial charge in [0.25, 0.3) is 0 Å². The zero-order valence-corrected chi connectivity index (χ0v) is 11.2. The molecule has 6 heteroatoms. The van der Waals surface area contributed by atoms with Crippen molar-refractivity contribution in [1.82, 2.24) is 4.90 Å². The summed E-state index contributed by atoms with van der Waals surface area (Å²) in [7, 11) is 1.62. The van der Waals surface area contributed by atoms with Crippen molar-refractivity contribution in [3.8, 4) is 0 Å². The highest BCUT2D eigenvalue weighted by Crippen LogP contribution is 2.49. The van der Waals surface area contributed by atoms with Gasteiger partial charge in [0, 0.05) is 13.6 Å². The predicted molar refractivity (Wildman–Crippen MR) is 65.6 cm³/mol. The number of amides is 1. The summed E-state index contributed by atoms with van der Waals surface area (Å²) in [5, 5.41) is 8.98. The van der Waals surface area contributed by atoms with Crippen LogP contribution in [-0.4, -0.2) is 55.0 Å². The molecular formula is C13H21NO5. The minimum Gasteiger partial charge on any atom is -0.465 e. The van der Waals surface area contributed by atoms with Gasteiger partial charge in [0.1, 0.15) is 5.60 Å². The van der Waals surface area contributed by atoms with Gasteiger partial charge >= 0.3 is 6.09 Å². The van der Waals surface area contributed by atoms with Crippen LogP contribution < -0.4 is 0 Å². The molecule has 108 valence electrons. The Morgan fingerprint density at radius 1 is 1.37 bits per heavy atom. The molecule has 1 amide bonds. The van der Waals surface area contributed by atoms with Gasteiger partial charge in [0.05, 0.1) is 6.61 Å². The summed E-state index contributed by atoms with van der Waals surface area (Å²) in [6.45, 7) is 1.59. The Bertz CT molecular complexity index is 363. The largest absolute Gasteiger partial charge is 0.465 e. The Labute approximate surface area is 112 Å². The highest BCUT2D eigenvalue weighted by Gasteiger charge is 2.57. The van der Waals surface area contributed by atoms with E-state index >= 15 is 0 Å². The van der Waals surface area contributed by atoms with Crippen LogP contribution in [0, 0.1) is 11.8 Å². The fourth-order valence-electron chi connectivity index (χ4n) is 3.80. The van der Waals surface area contributed by atoms with Gasteiger partial charge < -0.3 is 24.2 Å². The van der Waals surface area contributed by atoms with Crippen LogP contribution in [0.3, 0.4) is 0 Å². The van der Waals surface area contributed by atoms with Gasteiger partial charge in [-0.25, -0.2) is 4.79 Å². The molecule has 0 aromatic heterocycles. The standard InChI is InChI=1S/C13H21NO5/c1-14(12(15)16)7-9-2-3-10-4-5-17-11-13(10,6-9)19-8-18-11/h9-11H,2-8H2,1H3,(H,15,16). The minimum absolute atomic E-state index is 0.260. The minimum atomic E-state index is -0.875. The summed E-state index contributed by atoms with van der Waals surface area (Å²) < 4.78 is 17.1. The quantitative estimate of drug-likeness (QED) is 0.824. The van der Waals surface area contributed by atoms with Crippen molar-refractivity contribution in [2.75, 3.05) is 27.0 Å². The molecule has 6 nitrogen and oxygen atoms in total. The Morgan fingerprint density at radius 2 is 2.21 bits per heavy atom. The first-order valence-electron chi connectivity index (χ1n) is 6.93.